The number of anilines is 1. The average molecular weight is 279 g/mol. The number of alkyl halides is 1. The van der Waals surface area contributed by atoms with E-state index in [4.69, 9.17) is 16.0 Å². The molecule has 1 aliphatic rings. The van der Waals surface area contributed by atoms with E-state index in [2.05, 4.69) is 9.88 Å². The quantitative estimate of drug-likeness (QED) is 0.785. The SMILES string of the molecule is ClCCN(c1nccc2occc12)C1CCCCC1. The van der Waals surface area contributed by atoms with E-state index in [1.54, 1.807) is 6.26 Å². The largest absolute Gasteiger partial charge is 0.464 e. The molecule has 0 N–H and O–H groups in total. The summed E-state index contributed by atoms with van der Waals surface area (Å²) in [7, 11) is 0. The van der Waals surface area contributed by atoms with Crippen molar-refractivity contribution in [3.8, 4) is 0 Å². The van der Waals surface area contributed by atoms with Gasteiger partial charge in [0.05, 0.1) is 11.6 Å². The fourth-order valence-electron chi connectivity index (χ4n) is 3.05. The Morgan fingerprint density at radius 2 is 2.11 bits per heavy atom. The molecule has 4 heteroatoms. The van der Waals surface area contributed by atoms with Crippen LogP contribution in [0.25, 0.3) is 11.0 Å². The summed E-state index contributed by atoms with van der Waals surface area (Å²) in [5, 5.41) is 1.10. The zero-order chi connectivity index (χ0) is 13.1. The van der Waals surface area contributed by atoms with Crippen LogP contribution < -0.4 is 4.90 Å². The normalized spacial score (nSPS) is 16.9. The van der Waals surface area contributed by atoms with Gasteiger partial charge in [0.25, 0.3) is 0 Å². The summed E-state index contributed by atoms with van der Waals surface area (Å²) in [6, 6.07) is 4.49. The minimum atomic E-state index is 0.570. The molecule has 0 spiro atoms. The van der Waals surface area contributed by atoms with Gasteiger partial charge in [-0.2, -0.15) is 0 Å². The summed E-state index contributed by atoms with van der Waals surface area (Å²) in [5.74, 6) is 1.66. The molecule has 2 aromatic heterocycles. The first-order valence-electron chi connectivity index (χ1n) is 7.05. The highest BCUT2D eigenvalue weighted by molar-refractivity contribution is 6.18. The summed E-state index contributed by atoms with van der Waals surface area (Å²) in [6.45, 7) is 0.851. The maximum absolute atomic E-state index is 6.00. The maximum atomic E-state index is 6.00. The number of pyridine rings is 1. The minimum absolute atomic E-state index is 0.570. The van der Waals surface area contributed by atoms with E-state index in [1.165, 1.54) is 32.1 Å². The third-order valence-corrected chi connectivity index (χ3v) is 4.14. The summed E-state index contributed by atoms with van der Waals surface area (Å²) in [5.41, 5.74) is 0.903. The van der Waals surface area contributed by atoms with Gasteiger partial charge in [-0.05, 0) is 25.0 Å². The first-order valence-corrected chi connectivity index (χ1v) is 7.58. The number of aromatic nitrogens is 1. The lowest BCUT2D eigenvalue weighted by molar-refractivity contribution is 0.417. The van der Waals surface area contributed by atoms with Gasteiger partial charge in [0.2, 0.25) is 0 Å². The molecule has 0 aliphatic heterocycles. The van der Waals surface area contributed by atoms with Gasteiger partial charge in [-0.3, -0.25) is 0 Å². The van der Waals surface area contributed by atoms with Gasteiger partial charge in [0.15, 0.2) is 0 Å². The van der Waals surface area contributed by atoms with E-state index in [0.29, 0.717) is 11.9 Å². The van der Waals surface area contributed by atoms with E-state index in [0.717, 1.165) is 23.3 Å². The first kappa shape index (κ1) is 12.8. The molecule has 3 nitrogen and oxygen atoms in total. The molecule has 3 rings (SSSR count). The monoisotopic (exact) mass is 278 g/mol. The lowest BCUT2D eigenvalue weighted by Crippen LogP contribution is -2.38. The summed E-state index contributed by atoms with van der Waals surface area (Å²) >= 11 is 6.00. The Hall–Kier alpha value is -1.22. The molecule has 1 saturated carbocycles. The number of halogens is 1. The fourth-order valence-corrected chi connectivity index (χ4v) is 3.24. The zero-order valence-corrected chi connectivity index (χ0v) is 11.8. The predicted octanol–water partition coefficient (Wildman–Crippen LogP) is 4.21. The Labute approximate surface area is 118 Å². The highest BCUT2D eigenvalue weighted by Crippen LogP contribution is 2.31. The molecule has 0 aromatic carbocycles. The van der Waals surface area contributed by atoms with Crippen LogP contribution in [0.3, 0.4) is 0 Å². The fraction of sp³-hybridized carbons (Fsp3) is 0.533. The predicted molar refractivity (Wildman–Crippen MR) is 78.9 cm³/mol. The van der Waals surface area contributed by atoms with Crippen LogP contribution in [-0.4, -0.2) is 23.5 Å². The van der Waals surface area contributed by atoms with Gasteiger partial charge in [0, 0.05) is 24.7 Å². The second-order valence-electron chi connectivity index (χ2n) is 5.14. The van der Waals surface area contributed by atoms with Crippen LogP contribution in [0.2, 0.25) is 0 Å². The van der Waals surface area contributed by atoms with Crippen molar-refractivity contribution in [3.05, 3.63) is 24.6 Å². The molecular weight excluding hydrogens is 260 g/mol. The van der Waals surface area contributed by atoms with E-state index < -0.39 is 0 Å². The Kier molecular flexibility index (Phi) is 3.92. The molecular formula is C15H19ClN2O. The molecule has 0 radical (unpaired) electrons. The van der Waals surface area contributed by atoms with Crippen molar-refractivity contribution in [3.63, 3.8) is 0 Å². The Morgan fingerprint density at radius 1 is 1.26 bits per heavy atom. The smallest absolute Gasteiger partial charge is 0.139 e. The Bertz CT molecular complexity index is 534. The Balaban J connectivity index is 1.96. The van der Waals surface area contributed by atoms with Crippen molar-refractivity contribution < 1.29 is 4.42 Å². The lowest BCUT2D eigenvalue weighted by atomic mass is 9.94. The van der Waals surface area contributed by atoms with Crippen molar-refractivity contribution in [2.45, 2.75) is 38.1 Å². The molecule has 2 heterocycles. The van der Waals surface area contributed by atoms with Crippen molar-refractivity contribution in [2.24, 2.45) is 0 Å². The molecule has 0 atom stereocenters. The molecule has 1 aliphatic carbocycles. The van der Waals surface area contributed by atoms with Crippen LogP contribution >= 0.6 is 11.6 Å². The van der Waals surface area contributed by atoms with E-state index in [9.17, 15) is 0 Å². The van der Waals surface area contributed by atoms with E-state index >= 15 is 0 Å². The number of hydrogen-bond donors (Lipinski definition) is 0. The van der Waals surface area contributed by atoms with Crippen LogP contribution in [0.4, 0.5) is 5.82 Å². The molecule has 102 valence electrons. The Morgan fingerprint density at radius 3 is 2.89 bits per heavy atom. The van der Waals surface area contributed by atoms with Crippen LogP contribution in [0.15, 0.2) is 29.0 Å². The van der Waals surface area contributed by atoms with Crippen LogP contribution in [0, 0.1) is 0 Å². The van der Waals surface area contributed by atoms with Gasteiger partial charge in [-0.1, -0.05) is 19.3 Å². The highest BCUT2D eigenvalue weighted by Gasteiger charge is 2.23. The van der Waals surface area contributed by atoms with Crippen LogP contribution in [-0.2, 0) is 0 Å². The minimum Gasteiger partial charge on any atom is -0.464 e. The van der Waals surface area contributed by atoms with Gasteiger partial charge >= 0.3 is 0 Å². The third-order valence-electron chi connectivity index (χ3n) is 3.97. The van der Waals surface area contributed by atoms with Crippen molar-refractivity contribution >= 4 is 28.4 Å². The number of hydrogen-bond acceptors (Lipinski definition) is 3. The van der Waals surface area contributed by atoms with E-state index in [-0.39, 0.29) is 0 Å². The van der Waals surface area contributed by atoms with Gasteiger partial charge in [-0.25, -0.2) is 4.98 Å². The van der Waals surface area contributed by atoms with Gasteiger partial charge < -0.3 is 9.32 Å². The van der Waals surface area contributed by atoms with Crippen molar-refractivity contribution in [2.75, 3.05) is 17.3 Å². The van der Waals surface area contributed by atoms with E-state index in [1.807, 2.05) is 18.3 Å². The molecule has 1 fully saturated rings. The highest BCUT2D eigenvalue weighted by atomic mass is 35.5. The van der Waals surface area contributed by atoms with Crippen LogP contribution in [0.5, 0.6) is 0 Å². The molecule has 0 amide bonds. The van der Waals surface area contributed by atoms with Gasteiger partial charge in [-0.15, -0.1) is 11.6 Å². The van der Waals surface area contributed by atoms with Gasteiger partial charge in [0.1, 0.15) is 11.4 Å². The maximum Gasteiger partial charge on any atom is 0.139 e. The third kappa shape index (κ3) is 2.57. The first-order chi connectivity index (χ1) is 9.40. The molecule has 0 unspecified atom stereocenters. The standard InChI is InChI=1S/C15H19ClN2O/c16-8-10-18(12-4-2-1-3-5-12)15-13-7-11-19-14(13)6-9-17-15/h6-7,9,11-12H,1-5,8,10H2. The molecule has 19 heavy (non-hydrogen) atoms. The number of rotatable bonds is 4. The van der Waals surface area contributed by atoms with Crippen LogP contribution in [0.1, 0.15) is 32.1 Å². The summed E-state index contributed by atoms with van der Waals surface area (Å²) in [4.78, 5) is 6.96. The number of nitrogens with zero attached hydrogens (tertiary/aromatic N) is 2. The second kappa shape index (κ2) is 5.83. The molecule has 0 saturated heterocycles. The molecule has 2 aromatic rings. The topological polar surface area (TPSA) is 29.3 Å². The number of fused-ring (bicyclic) bond motifs is 1. The molecule has 0 bridgehead atoms. The van der Waals surface area contributed by atoms with Crippen molar-refractivity contribution in [1.29, 1.82) is 0 Å². The average Bonchev–Trinajstić information content (AvgIpc) is 2.94. The number of furan rings is 1. The lowest BCUT2D eigenvalue weighted by Gasteiger charge is -2.35. The summed E-state index contributed by atoms with van der Waals surface area (Å²) in [6.07, 6.45) is 10.0. The second-order valence-corrected chi connectivity index (χ2v) is 5.52. The summed E-state index contributed by atoms with van der Waals surface area (Å²) < 4.78 is 5.47. The zero-order valence-electron chi connectivity index (χ0n) is 11.0. The van der Waals surface area contributed by atoms with Crippen molar-refractivity contribution in [1.82, 2.24) is 4.98 Å².